The number of rotatable bonds is 11. The van der Waals surface area contributed by atoms with Crippen molar-refractivity contribution < 1.29 is 42.8 Å². The Bertz CT molecular complexity index is 1690. The standard InChI is InChI=1S/C40H47N3O9/c1-40(2,3)52-39(46)43-22-31-25-47-26-32(23-43)36(31)51-38(45)41-35(28-9-6-5-7-10-28)30-11-8-12-33(21-30)50-24-27-13-15-29(16-14-27)37(44)42(4)18-17-34-48-19-20-49-34/h5-16,19-21,31-32,34-36H,17-18,22-26H2,1-4H3,(H,41,45). The van der Waals surface area contributed by atoms with Gasteiger partial charge in [0.25, 0.3) is 5.91 Å². The fourth-order valence-electron chi connectivity index (χ4n) is 6.57. The van der Waals surface area contributed by atoms with Crippen LogP contribution in [0.25, 0.3) is 0 Å². The van der Waals surface area contributed by atoms with Gasteiger partial charge in [0.15, 0.2) is 0 Å². The largest absolute Gasteiger partial charge is 0.489 e. The van der Waals surface area contributed by atoms with E-state index in [1.165, 1.54) is 12.5 Å². The lowest BCUT2D eigenvalue weighted by Gasteiger charge is -2.46. The Hall–Kier alpha value is -5.23. The zero-order chi connectivity index (χ0) is 36.7. The lowest BCUT2D eigenvalue weighted by Crippen LogP contribution is -2.59. The zero-order valence-electron chi connectivity index (χ0n) is 30.1. The smallest absolute Gasteiger partial charge is 0.410 e. The second kappa shape index (κ2) is 16.4. The fraction of sp³-hybridized carbons (Fsp3) is 0.425. The molecule has 0 spiro atoms. The van der Waals surface area contributed by atoms with Crippen molar-refractivity contribution >= 4 is 18.1 Å². The minimum atomic E-state index is -0.602. The minimum absolute atomic E-state index is 0.0908. The number of piperidine rings is 1. The van der Waals surface area contributed by atoms with Crippen LogP contribution in [-0.2, 0) is 30.3 Å². The van der Waals surface area contributed by atoms with Gasteiger partial charge in [0.05, 0.1) is 19.3 Å². The van der Waals surface area contributed by atoms with Crippen molar-refractivity contribution in [2.45, 2.75) is 57.8 Å². The van der Waals surface area contributed by atoms with Crippen LogP contribution in [0.3, 0.4) is 0 Å². The fourth-order valence-corrected chi connectivity index (χ4v) is 6.57. The van der Waals surface area contributed by atoms with Crippen molar-refractivity contribution in [2.75, 3.05) is 39.9 Å². The number of carbonyl (C=O) groups is 3. The average Bonchev–Trinajstić information content (AvgIpc) is 3.65. The van der Waals surface area contributed by atoms with Gasteiger partial charge in [-0.3, -0.25) is 4.79 Å². The molecule has 3 aromatic rings. The van der Waals surface area contributed by atoms with E-state index in [1.54, 1.807) is 29.0 Å². The molecule has 0 saturated carbocycles. The van der Waals surface area contributed by atoms with Gasteiger partial charge in [0.1, 0.15) is 36.6 Å². The number of amides is 3. The normalized spacial score (nSPS) is 20.2. The van der Waals surface area contributed by atoms with E-state index in [0.29, 0.717) is 50.6 Å². The predicted octanol–water partition coefficient (Wildman–Crippen LogP) is 6.27. The predicted molar refractivity (Wildman–Crippen MR) is 191 cm³/mol. The highest BCUT2D eigenvalue weighted by atomic mass is 16.7. The summed E-state index contributed by atoms with van der Waals surface area (Å²) in [5, 5.41) is 3.09. The second-order valence-corrected chi connectivity index (χ2v) is 14.3. The third-order valence-electron chi connectivity index (χ3n) is 9.15. The molecular formula is C40H47N3O9. The van der Waals surface area contributed by atoms with E-state index in [1.807, 2.05) is 87.5 Å². The number of ether oxygens (including phenoxy) is 6. The Labute approximate surface area is 304 Å². The van der Waals surface area contributed by atoms with E-state index < -0.39 is 23.8 Å². The van der Waals surface area contributed by atoms with E-state index in [9.17, 15) is 14.4 Å². The minimum Gasteiger partial charge on any atom is -0.489 e. The van der Waals surface area contributed by atoms with Gasteiger partial charge < -0.3 is 43.5 Å². The molecule has 12 nitrogen and oxygen atoms in total. The first-order chi connectivity index (χ1) is 25.0. The molecule has 3 atom stereocenters. The number of hydrogen-bond acceptors (Lipinski definition) is 9. The van der Waals surface area contributed by atoms with Crippen LogP contribution in [-0.4, -0.2) is 85.8 Å². The van der Waals surface area contributed by atoms with Gasteiger partial charge >= 0.3 is 12.2 Å². The van der Waals surface area contributed by atoms with Crippen molar-refractivity contribution in [1.82, 2.24) is 15.1 Å². The number of benzene rings is 3. The Balaban J connectivity index is 1.07. The molecule has 3 unspecified atom stereocenters. The Morgan fingerprint density at radius 2 is 1.58 bits per heavy atom. The summed E-state index contributed by atoms with van der Waals surface area (Å²) in [5.41, 5.74) is 2.57. The van der Waals surface area contributed by atoms with Crippen molar-refractivity contribution in [3.05, 3.63) is 114 Å². The Kier molecular flexibility index (Phi) is 11.5. The number of carbonyl (C=O) groups excluding carboxylic acids is 3. The zero-order valence-corrected chi connectivity index (χ0v) is 30.1. The molecular weight excluding hydrogens is 666 g/mol. The van der Waals surface area contributed by atoms with Crippen LogP contribution in [0.1, 0.15) is 60.3 Å². The summed E-state index contributed by atoms with van der Waals surface area (Å²) >= 11 is 0. The maximum atomic E-state index is 13.6. The third-order valence-corrected chi connectivity index (χ3v) is 9.15. The summed E-state index contributed by atoms with van der Waals surface area (Å²) in [4.78, 5) is 42.6. The summed E-state index contributed by atoms with van der Waals surface area (Å²) in [6.45, 7) is 7.83. The molecule has 2 saturated heterocycles. The molecule has 52 heavy (non-hydrogen) atoms. The van der Waals surface area contributed by atoms with Gasteiger partial charge in [-0.2, -0.15) is 0 Å². The Morgan fingerprint density at radius 1 is 0.904 bits per heavy atom. The van der Waals surface area contributed by atoms with Crippen LogP contribution in [0.4, 0.5) is 9.59 Å². The van der Waals surface area contributed by atoms with Crippen LogP contribution in [0.5, 0.6) is 5.75 Å². The molecule has 3 amide bonds. The average molecular weight is 714 g/mol. The maximum Gasteiger partial charge on any atom is 0.410 e. The van der Waals surface area contributed by atoms with E-state index in [0.717, 1.165) is 16.7 Å². The number of hydrogen-bond donors (Lipinski definition) is 1. The van der Waals surface area contributed by atoms with Gasteiger partial charge in [-0.25, -0.2) is 9.59 Å². The van der Waals surface area contributed by atoms with Crippen molar-refractivity contribution in [3.63, 3.8) is 0 Å². The van der Waals surface area contributed by atoms with E-state index in [4.69, 9.17) is 28.4 Å². The van der Waals surface area contributed by atoms with E-state index in [2.05, 4.69) is 5.32 Å². The molecule has 276 valence electrons. The molecule has 0 aromatic heterocycles. The first kappa shape index (κ1) is 36.6. The molecule has 0 radical (unpaired) electrons. The van der Waals surface area contributed by atoms with Gasteiger partial charge in [-0.05, 0) is 61.7 Å². The first-order valence-electron chi connectivity index (χ1n) is 17.6. The number of nitrogens with zero attached hydrogens (tertiary/aromatic N) is 2. The van der Waals surface area contributed by atoms with Gasteiger partial charge in [-0.1, -0.05) is 54.6 Å². The molecule has 3 heterocycles. The van der Waals surface area contributed by atoms with Crippen LogP contribution in [0, 0.1) is 11.8 Å². The topological polar surface area (TPSA) is 125 Å². The second-order valence-electron chi connectivity index (χ2n) is 14.3. The molecule has 2 fully saturated rings. The van der Waals surface area contributed by atoms with Crippen molar-refractivity contribution in [2.24, 2.45) is 11.8 Å². The number of alkyl carbamates (subject to hydrolysis) is 1. The van der Waals surface area contributed by atoms with Crippen LogP contribution in [0.15, 0.2) is 91.4 Å². The highest BCUT2D eigenvalue weighted by Gasteiger charge is 2.45. The van der Waals surface area contributed by atoms with Crippen LogP contribution in [0.2, 0.25) is 0 Å². The molecule has 2 bridgehead atoms. The lowest BCUT2D eigenvalue weighted by atomic mass is 9.85. The lowest BCUT2D eigenvalue weighted by molar-refractivity contribution is -0.124. The molecule has 3 aromatic carbocycles. The van der Waals surface area contributed by atoms with Crippen molar-refractivity contribution in [3.8, 4) is 5.75 Å². The Morgan fingerprint density at radius 3 is 2.25 bits per heavy atom. The van der Waals surface area contributed by atoms with Gasteiger partial charge in [-0.15, -0.1) is 0 Å². The maximum absolute atomic E-state index is 13.6. The third kappa shape index (κ3) is 9.55. The molecule has 6 rings (SSSR count). The van der Waals surface area contributed by atoms with Gasteiger partial charge in [0.2, 0.25) is 6.29 Å². The number of likely N-dealkylation sites (tertiary alicyclic amines) is 1. The molecule has 3 aliphatic rings. The van der Waals surface area contributed by atoms with Crippen LogP contribution >= 0.6 is 0 Å². The van der Waals surface area contributed by atoms with Crippen LogP contribution < -0.4 is 10.1 Å². The highest BCUT2D eigenvalue weighted by Crippen LogP contribution is 2.32. The summed E-state index contributed by atoms with van der Waals surface area (Å²) in [5.74, 6) is 0.193. The number of fused-ring (bicyclic) bond motifs is 2. The summed E-state index contributed by atoms with van der Waals surface area (Å²) in [6.07, 6.45) is 1.88. The molecule has 12 heteroatoms. The first-order valence-corrected chi connectivity index (χ1v) is 17.6. The summed E-state index contributed by atoms with van der Waals surface area (Å²) in [7, 11) is 1.75. The van der Waals surface area contributed by atoms with E-state index in [-0.39, 0.29) is 36.7 Å². The summed E-state index contributed by atoms with van der Waals surface area (Å²) in [6, 6.07) is 24.1. The van der Waals surface area contributed by atoms with Gasteiger partial charge in [0, 0.05) is 50.5 Å². The van der Waals surface area contributed by atoms with Crippen molar-refractivity contribution in [1.29, 1.82) is 0 Å². The monoisotopic (exact) mass is 713 g/mol. The molecule has 1 N–H and O–H groups in total. The quantitative estimate of drug-likeness (QED) is 0.245. The number of nitrogens with one attached hydrogen (secondary N) is 1. The molecule has 3 aliphatic heterocycles. The summed E-state index contributed by atoms with van der Waals surface area (Å²) < 4.78 is 34.2. The molecule has 0 aliphatic carbocycles. The van der Waals surface area contributed by atoms with E-state index >= 15 is 0 Å². The SMILES string of the molecule is CN(CCC1OC=CO1)C(=O)c1ccc(COc2cccc(C(NC(=O)OC3C4COCC3CN(C(=O)OC(C)(C)C)C4)c3ccccc3)c2)cc1. The highest BCUT2D eigenvalue weighted by molar-refractivity contribution is 5.94.